The average Bonchev–Trinajstić information content (AvgIpc) is 1.39. The largest absolute Gasteiger partial charge is 0.331 e. The van der Waals surface area contributed by atoms with Crippen LogP contribution in [-0.4, -0.2) is 18.3 Å². The lowest BCUT2D eigenvalue weighted by Gasteiger charge is -2.42. The lowest BCUT2D eigenvalue weighted by Crippen LogP contribution is -2.35. The minimum absolute atomic E-state index is 0.549. The fraction of sp³-hybridized carbons (Fsp3) is 0.0698. The first-order valence-corrected chi connectivity index (χ1v) is 33.7. The minimum Gasteiger partial charge on any atom is -0.331 e. The molecule has 0 saturated carbocycles. The van der Waals surface area contributed by atoms with Gasteiger partial charge >= 0.3 is 0 Å². The molecule has 0 radical (unpaired) electrons. The molecule has 0 aliphatic rings. The Morgan fingerprint density at radius 3 is 1.01 bits per heavy atom. The third kappa shape index (κ3) is 7.38. The summed E-state index contributed by atoms with van der Waals surface area (Å²) in [6.45, 7) is 9.68. The Kier molecular flexibility index (Phi) is 11.5. The first kappa shape index (κ1) is 54.2. The van der Waals surface area contributed by atoms with Crippen LogP contribution in [0.3, 0.4) is 0 Å². The van der Waals surface area contributed by atoms with Crippen LogP contribution in [0.15, 0.2) is 267 Å². The van der Waals surface area contributed by atoms with Crippen molar-refractivity contribution in [1.82, 2.24) is 18.3 Å². The molecule has 6 aromatic heterocycles. The van der Waals surface area contributed by atoms with Gasteiger partial charge in [0.2, 0.25) is 0 Å². The van der Waals surface area contributed by atoms with Crippen LogP contribution in [0.5, 0.6) is 0 Å². The van der Waals surface area contributed by atoms with Crippen LogP contribution < -0.4 is 0 Å². The SMILES string of the molecule is CC(C)(c1c(-c2cccc(C#N)c2)c(-n2c3ccccc3c3c4sc5ccccc5c4ccc32)c(C(C)(C)n2c3ccccc3c3ccccc32)c(-n2c3ccccc3c3c4sc5ccccc5c4ccc32)c1-c1cccc(C#N)c1)n1c2ccccc2c2ccccc21. The van der Waals surface area contributed by atoms with Crippen LogP contribution in [0.4, 0.5) is 0 Å². The summed E-state index contributed by atoms with van der Waals surface area (Å²) in [5.41, 5.74) is 15.6. The van der Waals surface area contributed by atoms with E-state index in [1.165, 1.54) is 51.1 Å². The molecule has 19 rings (SSSR count). The number of hydrogen-bond donors (Lipinski definition) is 0. The maximum Gasteiger partial charge on any atom is 0.0991 e. The first-order chi connectivity index (χ1) is 46.1. The highest BCUT2D eigenvalue weighted by Gasteiger charge is 2.44. The van der Waals surface area contributed by atoms with Crippen molar-refractivity contribution in [2.45, 2.75) is 38.8 Å². The molecular formula is C86H56N6S2. The predicted molar refractivity (Wildman–Crippen MR) is 397 cm³/mol. The van der Waals surface area contributed by atoms with Gasteiger partial charge in [-0.3, -0.25) is 0 Å². The highest BCUT2D eigenvalue weighted by Crippen LogP contribution is 2.58. The van der Waals surface area contributed by atoms with Gasteiger partial charge in [-0.25, -0.2) is 0 Å². The number of benzene rings is 13. The van der Waals surface area contributed by atoms with E-state index in [0.717, 1.165) is 121 Å². The van der Waals surface area contributed by atoms with Crippen molar-refractivity contribution in [1.29, 1.82) is 10.5 Å². The number of hydrogen-bond acceptors (Lipinski definition) is 4. The molecule has 6 nitrogen and oxygen atoms in total. The average molecular weight is 1240 g/mol. The molecule has 0 spiro atoms. The van der Waals surface area contributed by atoms with Gasteiger partial charge in [0.25, 0.3) is 0 Å². The van der Waals surface area contributed by atoms with Gasteiger partial charge in [-0.2, -0.15) is 10.5 Å². The summed E-state index contributed by atoms with van der Waals surface area (Å²) < 4.78 is 15.4. The number of para-hydroxylation sites is 6. The van der Waals surface area contributed by atoms with Crippen LogP contribution >= 0.6 is 22.7 Å². The van der Waals surface area contributed by atoms with Gasteiger partial charge < -0.3 is 18.3 Å². The van der Waals surface area contributed by atoms with Crippen LogP contribution in [0.25, 0.3) is 161 Å². The second kappa shape index (κ2) is 20.0. The van der Waals surface area contributed by atoms with Crippen molar-refractivity contribution in [3.05, 3.63) is 289 Å². The van der Waals surface area contributed by atoms with E-state index in [1.54, 1.807) is 0 Å². The van der Waals surface area contributed by atoms with Gasteiger partial charge in [0, 0.05) is 122 Å². The Hall–Kier alpha value is -11.5. The molecule has 0 amide bonds. The number of rotatable bonds is 8. The normalized spacial score (nSPS) is 12.4. The quantitative estimate of drug-likeness (QED) is 0.152. The Morgan fingerprint density at radius 2 is 0.628 bits per heavy atom. The van der Waals surface area contributed by atoms with E-state index in [4.69, 9.17) is 0 Å². The Bertz CT molecular complexity index is 6220. The number of aromatic nitrogens is 4. The molecule has 0 atom stereocenters. The van der Waals surface area contributed by atoms with E-state index in [0.29, 0.717) is 11.1 Å². The van der Waals surface area contributed by atoms with Crippen molar-refractivity contribution in [2.24, 2.45) is 0 Å². The zero-order chi connectivity index (χ0) is 62.9. The summed E-state index contributed by atoms with van der Waals surface area (Å²) >= 11 is 3.72. The van der Waals surface area contributed by atoms with Crippen LogP contribution in [0.2, 0.25) is 0 Å². The summed E-state index contributed by atoms with van der Waals surface area (Å²) in [5, 5.41) is 36.9. The van der Waals surface area contributed by atoms with Gasteiger partial charge in [-0.1, -0.05) is 182 Å². The number of nitriles is 2. The molecule has 0 N–H and O–H groups in total. The molecule has 0 unspecified atom stereocenters. The van der Waals surface area contributed by atoms with E-state index in [1.807, 2.05) is 34.8 Å². The van der Waals surface area contributed by atoms with E-state index >= 15 is 0 Å². The van der Waals surface area contributed by atoms with Gasteiger partial charge in [0.15, 0.2) is 0 Å². The van der Waals surface area contributed by atoms with Gasteiger partial charge in [0.05, 0.1) is 67.8 Å². The molecule has 0 bridgehead atoms. The maximum absolute atomic E-state index is 11.3. The second-order valence-electron chi connectivity index (χ2n) is 26.0. The highest BCUT2D eigenvalue weighted by atomic mass is 32.1. The van der Waals surface area contributed by atoms with Crippen molar-refractivity contribution in [3.63, 3.8) is 0 Å². The molecular weight excluding hydrogens is 1180 g/mol. The van der Waals surface area contributed by atoms with E-state index in [9.17, 15) is 10.5 Å². The summed E-state index contributed by atoms with van der Waals surface area (Å²) in [4.78, 5) is 0. The molecule has 8 heteroatoms. The topological polar surface area (TPSA) is 67.3 Å². The molecule has 442 valence electrons. The molecule has 13 aromatic carbocycles. The standard InChI is InChI=1S/C86H56N6S2/c1-85(2,91-67-37-15-5-27-55(67)56-28-6-16-38-68(56)91)79-75(53-25-21-23-51(47-53)49-87)81(89-65-35-13-9-33-63(65)77-71(89)45-43-61-59-31-11-19-41-73(59)93-83(61)77)80(86(3,4)92-69-39-17-7-29-57(69)58-30-8-18-40-70(58)92)82(76(79)54-26-22-24-52(48-54)50-88)90-66-36-14-10-34-64(66)78-72(90)46-44-62-60-32-12-20-42-74(60)94-84(62)78/h5-48H,1-4H3. The lowest BCUT2D eigenvalue weighted by atomic mass is 9.74. The lowest BCUT2D eigenvalue weighted by molar-refractivity contribution is 0.455. The van der Waals surface area contributed by atoms with Crippen molar-refractivity contribution >= 4 is 150 Å². The van der Waals surface area contributed by atoms with Crippen LogP contribution in [0.1, 0.15) is 49.9 Å². The molecule has 0 aliphatic carbocycles. The predicted octanol–water partition coefficient (Wildman–Crippen LogP) is 23.5. The van der Waals surface area contributed by atoms with Crippen molar-refractivity contribution in [3.8, 4) is 45.8 Å². The number of nitrogens with zero attached hydrogens (tertiary/aromatic N) is 6. The highest BCUT2D eigenvalue weighted by molar-refractivity contribution is 7.27. The van der Waals surface area contributed by atoms with Gasteiger partial charge in [-0.15, -0.1) is 22.7 Å². The molecule has 6 heterocycles. The Labute approximate surface area is 549 Å². The zero-order valence-electron chi connectivity index (χ0n) is 51.9. The molecule has 0 fully saturated rings. The van der Waals surface area contributed by atoms with E-state index < -0.39 is 11.1 Å². The van der Waals surface area contributed by atoms with Gasteiger partial charge in [-0.05, 0) is 129 Å². The second-order valence-corrected chi connectivity index (χ2v) is 28.1. The first-order valence-electron chi connectivity index (χ1n) is 32.0. The molecule has 0 saturated heterocycles. The Morgan fingerprint density at radius 1 is 0.298 bits per heavy atom. The minimum atomic E-state index is -0.981. The Balaban J connectivity index is 1.16. The third-order valence-corrected chi connectivity index (χ3v) is 22.7. The van der Waals surface area contributed by atoms with Crippen LogP contribution in [0, 0.1) is 22.7 Å². The van der Waals surface area contributed by atoms with Crippen LogP contribution in [-0.2, 0) is 11.1 Å². The number of fused-ring (bicyclic) bond motifs is 20. The molecule has 19 aromatic rings. The summed E-state index contributed by atoms with van der Waals surface area (Å²) in [5.74, 6) is 0. The number of thiophene rings is 2. The van der Waals surface area contributed by atoms with E-state index in [-0.39, 0.29) is 0 Å². The summed E-state index contributed by atoms with van der Waals surface area (Å²) in [7, 11) is 0. The summed E-state index contributed by atoms with van der Waals surface area (Å²) in [6.07, 6.45) is 0. The van der Waals surface area contributed by atoms with Gasteiger partial charge in [0.1, 0.15) is 0 Å². The summed E-state index contributed by atoms with van der Waals surface area (Å²) in [6, 6.07) is 103. The van der Waals surface area contributed by atoms with Crippen molar-refractivity contribution < 1.29 is 0 Å². The third-order valence-electron chi connectivity index (χ3n) is 20.3. The monoisotopic (exact) mass is 1240 g/mol. The van der Waals surface area contributed by atoms with Crippen molar-refractivity contribution in [2.75, 3.05) is 0 Å². The fourth-order valence-electron chi connectivity index (χ4n) is 16.6. The molecule has 94 heavy (non-hydrogen) atoms. The van der Waals surface area contributed by atoms with E-state index in [2.05, 4.69) is 313 Å². The molecule has 0 aliphatic heterocycles. The fourth-order valence-corrected chi connectivity index (χ4v) is 19.2. The zero-order valence-corrected chi connectivity index (χ0v) is 53.5. The smallest absolute Gasteiger partial charge is 0.0991 e. The maximum atomic E-state index is 11.3.